The molecule has 1 aromatic rings. The number of rotatable bonds is 6. The minimum absolute atomic E-state index is 0.0679. The van der Waals surface area contributed by atoms with E-state index in [0.717, 1.165) is 11.3 Å². The molecular formula is C13H21NO2. The lowest BCUT2D eigenvalue weighted by atomic mass is 10.1. The Morgan fingerprint density at radius 3 is 2.19 bits per heavy atom. The largest absolute Gasteiger partial charge is 0.491 e. The first-order chi connectivity index (χ1) is 7.59. The van der Waals surface area contributed by atoms with Crippen molar-refractivity contribution < 1.29 is 9.47 Å². The van der Waals surface area contributed by atoms with Gasteiger partial charge in [0.05, 0.1) is 12.7 Å². The van der Waals surface area contributed by atoms with E-state index >= 15 is 0 Å². The van der Waals surface area contributed by atoms with Crippen molar-refractivity contribution in [3.8, 4) is 5.75 Å². The Labute approximate surface area is 97.6 Å². The molecule has 16 heavy (non-hydrogen) atoms. The quantitative estimate of drug-likeness (QED) is 0.754. The van der Waals surface area contributed by atoms with E-state index < -0.39 is 0 Å². The summed E-state index contributed by atoms with van der Waals surface area (Å²) >= 11 is 0. The molecule has 0 heterocycles. The molecule has 0 radical (unpaired) electrons. The molecule has 0 fully saturated rings. The summed E-state index contributed by atoms with van der Waals surface area (Å²) in [6, 6.07) is 7.92. The third kappa shape index (κ3) is 4.64. The molecule has 0 aliphatic carbocycles. The Hall–Kier alpha value is -1.06. The van der Waals surface area contributed by atoms with Crippen molar-refractivity contribution in [2.45, 2.75) is 32.9 Å². The van der Waals surface area contributed by atoms with E-state index in [1.165, 1.54) is 0 Å². The van der Waals surface area contributed by atoms with E-state index in [9.17, 15) is 0 Å². The number of nitrogens with two attached hydrogens (primary N) is 1. The van der Waals surface area contributed by atoms with Crippen LogP contribution in [0.4, 0.5) is 0 Å². The summed E-state index contributed by atoms with van der Waals surface area (Å²) in [5.41, 5.74) is 6.87. The Morgan fingerprint density at radius 1 is 1.06 bits per heavy atom. The van der Waals surface area contributed by atoms with Crippen molar-refractivity contribution in [1.29, 1.82) is 0 Å². The lowest BCUT2D eigenvalue weighted by Gasteiger charge is -2.10. The van der Waals surface area contributed by atoms with Gasteiger partial charge >= 0.3 is 0 Å². The minimum Gasteiger partial charge on any atom is -0.491 e. The fourth-order valence-electron chi connectivity index (χ4n) is 1.31. The maximum atomic E-state index is 5.76. The van der Waals surface area contributed by atoms with E-state index in [1.54, 1.807) is 0 Å². The van der Waals surface area contributed by atoms with Crippen LogP contribution in [0.15, 0.2) is 24.3 Å². The van der Waals surface area contributed by atoms with E-state index in [0.29, 0.717) is 13.2 Å². The molecule has 1 atom stereocenters. The zero-order chi connectivity index (χ0) is 12.0. The monoisotopic (exact) mass is 223 g/mol. The van der Waals surface area contributed by atoms with Crippen LogP contribution < -0.4 is 10.5 Å². The van der Waals surface area contributed by atoms with Crippen LogP contribution in [0.3, 0.4) is 0 Å². The van der Waals surface area contributed by atoms with Crippen LogP contribution in [0, 0.1) is 0 Å². The highest BCUT2D eigenvalue weighted by molar-refractivity contribution is 5.28. The van der Waals surface area contributed by atoms with Gasteiger partial charge in [0.1, 0.15) is 12.4 Å². The summed E-state index contributed by atoms with van der Waals surface area (Å²) in [7, 11) is 0. The number of ether oxygens (including phenoxy) is 2. The van der Waals surface area contributed by atoms with Crippen molar-refractivity contribution in [2.75, 3.05) is 13.2 Å². The molecule has 90 valence electrons. The summed E-state index contributed by atoms with van der Waals surface area (Å²) in [4.78, 5) is 0. The van der Waals surface area contributed by atoms with Crippen LogP contribution in [0.1, 0.15) is 32.4 Å². The van der Waals surface area contributed by atoms with Gasteiger partial charge in [0.2, 0.25) is 0 Å². The van der Waals surface area contributed by atoms with Gasteiger partial charge in [-0.1, -0.05) is 12.1 Å². The molecule has 0 aliphatic heterocycles. The summed E-state index contributed by atoms with van der Waals surface area (Å²) in [5, 5.41) is 0. The van der Waals surface area contributed by atoms with Gasteiger partial charge in [0.15, 0.2) is 0 Å². The molecular weight excluding hydrogens is 202 g/mol. The summed E-state index contributed by atoms with van der Waals surface area (Å²) < 4.78 is 10.9. The van der Waals surface area contributed by atoms with Crippen LogP contribution in [0.5, 0.6) is 5.75 Å². The Balaban J connectivity index is 2.32. The number of hydrogen-bond donors (Lipinski definition) is 1. The summed E-state index contributed by atoms with van der Waals surface area (Å²) in [6.07, 6.45) is 0.254. The third-order valence-electron chi connectivity index (χ3n) is 2.21. The molecule has 1 unspecified atom stereocenters. The lowest BCUT2D eigenvalue weighted by molar-refractivity contribution is 0.0552. The molecule has 0 saturated heterocycles. The predicted molar refractivity (Wildman–Crippen MR) is 65.6 cm³/mol. The van der Waals surface area contributed by atoms with E-state index in [1.807, 2.05) is 45.0 Å². The molecule has 1 aromatic carbocycles. The zero-order valence-electron chi connectivity index (χ0n) is 10.3. The topological polar surface area (TPSA) is 44.5 Å². The SMILES string of the molecule is CC(C)OCCOc1ccc(C(C)N)cc1. The van der Waals surface area contributed by atoms with Gasteiger partial charge in [-0.2, -0.15) is 0 Å². The second-order valence-electron chi connectivity index (χ2n) is 4.13. The molecule has 0 saturated carbocycles. The lowest BCUT2D eigenvalue weighted by Crippen LogP contribution is -2.11. The van der Waals surface area contributed by atoms with Gasteiger partial charge in [0, 0.05) is 6.04 Å². The second kappa shape index (κ2) is 6.51. The highest BCUT2D eigenvalue weighted by Gasteiger charge is 1.99. The van der Waals surface area contributed by atoms with Crippen molar-refractivity contribution in [3.63, 3.8) is 0 Å². The fraction of sp³-hybridized carbons (Fsp3) is 0.538. The van der Waals surface area contributed by atoms with Gasteiger partial charge in [-0.05, 0) is 38.5 Å². The molecule has 0 bridgehead atoms. The standard InChI is InChI=1S/C13H21NO2/c1-10(2)15-8-9-16-13-6-4-12(5-7-13)11(3)14/h4-7,10-11H,8-9,14H2,1-3H3. The highest BCUT2D eigenvalue weighted by atomic mass is 16.5. The van der Waals surface area contributed by atoms with Gasteiger partial charge in [0.25, 0.3) is 0 Å². The maximum absolute atomic E-state index is 5.76. The van der Waals surface area contributed by atoms with Crippen molar-refractivity contribution in [2.24, 2.45) is 5.73 Å². The van der Waals surface area contributed by atoms with Gasteiger partial charge < -0.3 is 15.2 Å². The third-order valence-corrected chi connectivity index (χ3v) is 2.21. The highest BCUT2D eigenvalue weighted by Crippen LogP contribution is 2.15. The van der Waals surface area contributed by atoms with Crippen LogP contribution in [0.25, 0.3) is 0 Å². The predicted octanol–water partition coefficient (Wildman–Crippen LogP) is 2.51. The van der Waals surface area contributed by atoms with Crippen LogP contribution >= 0.6 is 0 Å². The van der Waals surface area contributed by atoms with E-state index in [-0.39, 0.29) is 12.1 Å². The van der Waals surface area contributed by atoms with Gasteiger partial charge in [-0.3, -0.25) is 0 Å². The molecule has 0 aliphatic rings. The maximum Gasteiger partial charge on any atom is 0.119 e. The smallest absolute Gasteiger partial charge is 0.119 e. The summed E-state index contributed by atoms with van der Waals surface area (Å²) in [6.45, 7) is 7.18. The van der Waals surface area contributed by atoms with E-state index in [4.69, 9.17) is 15.2 Å². The molecule has 1 rings (SSSR count). The van der Waals surface area contributed by atoms with Crippen molar-refractivity contribution >= 4 is 0 Å². The Kier molecular flexibility index (Phi) is 5.29. The zero-order valence-corrected chi connectivity index (χ0v) is 10.3. The first kappa shape index (κ1) is 13.0. The van der Waals surface area contributed by atoms with Crippen LogP contribution in [-0.4, -0.2) is 19.3 Å². The minimum atomic E-state index is 0.0679. The Morgan fingerprint density at radius 2 is 1.69 bits per heavy atom. The van der Waals surface area contributed by atoms with Crippen molar-refractivity contribution in [1.82, 2.24) is 0 Å². The van der Waals surface area contributed by atoms with Crippen LogP contribution in [0.2, 0.25) is 0 Å². The van der Waals surface area contributed by atoms with E-state index in [2.05, 4.69) is 0 Å². The first-order valence-corrected chi connectivity index (χ1v) is 5.69. The molecule has 2 N–H and O–H groups in total. The first-order valence-electron chi connectivity index (χ1n) is 5.69. The summed E-state index contributed by atoms with van der Waals surface area (Å²) in [5.74, 6) is 0.858. The Bertz CT molecular complexity index is 293. The molecule has 0 spiro atoms. The molecule has 0 amide bonds. The molecule has 0 aromatic heterocycles. The number of benzene rings is 1. The normalized spacial score (nSPS) is 12.8. The average molecular weight is 223 g/mol. The molecule has 3 nitrogen and oxygen atoms in total. The average Bonchev–Trinajstić information content (AvgIpc) is 2.25. The van der Waals surface area contributed by atoms with Gasteiger partial charge in [-0.15, -0.1) is 0 Å². The fourth-order valence-corrected chi connectivity index (χ4v) is 1.31. The van der Waals surface area contributed by atoms with Gasteiger partial charge in [-0.25, -0.2) is 0 Å². The van der Waals surface area contributed by atoms with Crippen LogP contribution in [-0.2, 0) is 4.74 Å². The van der Waals surface area contributed by atoms with Crippen molar-refractivity contribution in [3.05, 3.63) is 29.8 Å². The molecule has 3 heteroatoms. The number of hydrogen-bond acceptors (Lipinski definition) is 3. The second-order valence-corrected chi connectivity index (χ2v) is 4.13.